The first-order chi connectivity index (χ1) is 12.6. The molecule has 0 radical (unpaired) electrons. The van der Waals surface area contributed by atoms with Crippen molar-refractivity contribution in [2.24, 2.45) is 0 Å². The zero-order valence-corrected chi connectivity index (χ0v) is 15.5. The highest BCUT2D eigenvalue weighted by Crippen LogP contribution is 2.21. The molecular weight excluding hydrogens is 350 g/mol. The van der Waals surface area contributed by atoms with Crippen LogP contribution in [0.1, 0.15) is 29.9 Å². The van der Waals surface area contributed by atoms with E-state index in [0.717, 1.165) is 36.2 Å². The number of thiazole rings is 1. The molecule has 2 aromatic heterocycles. The third-order valence-electron chi connectivity index (χ3n) is 4.37. The van der Waals surface area contributed by atoms with E-state index < -0.39 is 0 Å². The van der Waals surface area contributed by atoms with Gasteiger partial charge in [-0.1, -0.05) is 12.1 Å². The number of benzene rings is 1. The highest BCUT2D eigenvalue weighted by Gasteiger charge is 2.23. The number of hydrogen-bond acceptors (Lipinski definition) is 6. The number of fused-ring (bicyclic) bond motifs is 1. The van der Waals surface area contributed by atoms with E-state index in [4.69, 9.17) is 4.74 Å². The largest absolute Gasteiger partial charge is 0.373 e. The quantitative estimate of drug-likeness (QED) is 0.737. The Labute approximate surface area is 155 Å². The lowest BCUT2D eigenvalue weighted by Gasteiger charge is -2.34. The van der Waals surface area contributed by atoms with Crippen LogP contribution in [0.3, 0.4) is 0 Å². The lowest BCUT2D eigenvalue weighted by Crippen LogP contribution is -2.44. The van der Waals surface area contributed by atoms with Gasteiger partial charge in [-0.25, -0.2) is 4.98 Å². The van der Waals surface area contributed by atoms with Crippen molar-refractivity contribution in [1.29, 1.82) is 0 Å². The number of H-pyrrole nitrogens is 1. The maximum atomic E-state index is 12.6. The molecule has 1 saturated heterocycles. The fraction of sp³-hybridized carbons (Fsp3) is 0.389. The number of hydrogen-bond donors (Lipinski definition) is 2. The number of carbonyl (C=O) groups is 1. The van der Waals surface area contributed by atoms with Gasteiger partial charge in [-0.05, 0) is 19.9 Å². The Kier molecular flexibility index (Phi) is 4.71. The first-order valence-corrected chi connectivity index (χ1v) is 9.52. The summed E-state index contributed by atoms with van der Waals surface area (Å²) in [5.74, 6) is -0.186. The predicted octanol–water partition coefficient (Wildman–Crippen LogP) is 2.88. The number of para-hydroxylation sites is 1. The van der Waals surface area contributed by atoms with E-state index in [0.29, 0.717) is 10.7 Å². The minimum Gasteiger partial charge on any atom is -0.373 e. The molecule has 1 aliphatic rings. The van der Waals surface area contributed by atoms with E-state index in [2.05, 4.69) is 39.2 Å². The smallest absolute Gasteiger partial charge is 0.259 e. The summed E-state index contributed by atoms with van der Waals surface area (Å²) in [6.45, 7) is 6.73. The zero-order valence-electron chi connectivity index (χ0n) is 14.7. The predicted molar refractivity (Wildman–Crippen MR) is 101 cm³/mol. The van der Waals surface area contributed by atoms with Gasteiger partial charge in [-0.15, -0.1) is 11.3 Å². The molecule has 0 bridgehead atoms. The maximum Gasteiger partial charge on any atom is 0.259 e. The fourth-order valence-electron chi connectivity index (χ4n) is 3.40. The third kappa shape index (κ3) is 3.62. The van der Waals surface area contributed by atoms with Gasteiger partial charge in [0, 0.05) is 30.4 Å². The molecule has 1 amide bonds. The molecule has 0 saturated carbocycles. The van der Waals surface area contributed by atoms with Crippen LogP contribution in [0.5, 0.6) is 0 Å². The average molecular weight is 371 g/mol. The molecule has 2 N–H and O–H groups in total. The van der Waals surface area contributed by atoms with Crippen LogP contribution in [0.2, 0.25) is 0 Å². The molecule has 136 valence electrons. The van der Waals surface area contributed by atoms with E-state index in [1.54, 1.807) is 12.3 Å². The highest BCUT2D eigenvalue weighted by atomic mass is 32.1. The van der Waals surface area contributed by atoms with Gasteiger partial charge in [0.15, 0.2) is 5.13 Å². The van der Waals surface area contributed by atoms with Crippen molar-refractivity contribution in [2.45, 2.75) is 32.6 Å². The number of morpholine rings is 1. The van der Waals surface area contributed by atoms with E-state index in [1.807, 2.05) is 17.5 Å². The summed E-state index contributed by atoms with van der Waals surface area (Å²) >= 11 is 1.44. The Bertz CT molecular complexity index is 911. The number of anilines is 1. The summed E-state index contributed by atoms with van der Waals surface area (Å²) in [4.78, 5) is 19.5. The molecule has 1 aliphatic heterocycles. The molecule has 2 unspecified atom stereocenters. The lowest BCUT2D eigenvalue weighted by atomic mass is 10.1. The highest BCUT2D eigenvalue weighted by molar-refractivity contribution is 7.14. The van der Waals surface area contributed by atoms with Crippen LogP contribution in [0.4, 0.5) is 5.13 Å². The summed E-state index contributed by atoms with van der Waals surface area (Å²) in [7, 11) is 0. The molecule has 3 aromatic rings. The van der Waals surface area contributed by atoms with Crippen molar-refractivity contribution in [3.8, 4) is 0 Å². The molecule has 26 heavy (non-hydrogen) atoms. The SMILES string of the molecule is CC1CN(Cc2csc(NC(=O)c3cccc4cn[nH]c34)n2)CC(C)O1. The summed E-state index contributed by atoms with van der Waals surface area (Å²) in [5, 5.41) is 13.3. The van der Waals surface area contributed by atoms with Gasteiger partial charge >= 0.3 is 0 Å². The summed E-state index contributed by atoms with van der Waals surface area (Å²) in [6, 6.07) is 5.54. The van der Waals surface area contributed by atoms with Gasteiger partial charge in [0.1, 0.15) is 0 Å². The van der Waals surface area contributed by atoms with E-state index >= 15 is 0 Å². The molecule has 3 heterocycles. The minimum absolute atomic E-state index is 0.186. The Hall–Kier alpha value is -2.29. The number of nitrogens with zero attached hydrogens (tertiary/aromatic N) is 3. The van der Waals surface area contributed by atoms with E-state index in [1.165, 1.54) is 11.3 Å². The van der Waals surface area contributed by atoms with Crippen LogP contribution in [-0.4, -0.2) is 51.3 Å². The van der Waals surface area contributed by atoms with Crippen molar-refractivity contribution in [3.63, 3.8) is 0 Å². The second-order valence-electron chi connectivity index (χ2n) is 6.69. The van der Waals surface area contributed by atoms with Gasteiger partial charge in [-0.3, -0.25) is 20.1 Å². The van der Waals surface area contributed by atoms with E-state index in [9.17, 15) is 4.79 Å². The summed E-state index contributed by atoms with van der Waals surface area (Å²) in [6.07, 6.45) is 2.16. The Morgan fingerprint density at radius 3 is 3.00 bits per heavy atom. The lowest BCUT2D eigenvalue weighted by molar-refractivity contribution is -0.0707. The zero-order chi connectivity index (χ0) is 18.1. The van der Waals surface area contributed by atoms with Crippen molar-refractivity contribution < 1.29 is 9.53 Å². The standard InChI is InChI=1S/C18H21N5O2S/c1-11-7-23(8-12(2)25-11)9-14-10-26-18(20-14)21-17(24)15-5-3-4-13-6-19-22-16(13)15/h3-6,10-12H,7-9H2,1-2H3,(H,19,22)(H,20,21,24). The van der Waals surface area contributed by atoms with Crippen LogP contribution >= 0.6 is 11.3 Å². The summed E-state index contributed by atoms with van der Waals surface area (Å²) in [5.41, 5.74) is 2.26. The van der Waals surface area contributed by atoms with Crippen LogP contribution < -0.4 is 5.32 Å². The normalized spacial score (nSPS) is 21.2. The van der Waals surface area contributed by atoms with Crippen LogP contribution in [-0.2, 0) is 11.3 Å². The third-order valence-corrected chi connectivity index (χ3v) is 5.18. The Morgan fingerprint density at radius 1 is 1.38 bits per heavy atom. The molecular formula is C18H21N5O2S. The van der Waals surface area contributed by atoms with Crippen LogP contribution in [0, 0.1) is 0 Å². The maximum absolute atomic E-state index is 12.6. The Morgan fingerprint density at radius 2 is 2.19 bits per heavy atom. The number of amides is 1. The number of aromatic nitrogens is 3. The first-order valence-electron chi connectivity index (χ1n) is 8.64. The van der Waals surface area contributed by atoms with Crippen molar-refractivity contribution >= 4 is 33.3 Å². The monoisotopic (exact) mass is 371 g/mol. The van der Waals surface area contributed by atoms with Crippen LogP contribution in [0.15, 0.2) is 29.8 Å². The molecule has 1 fully saturated rings. The van der Waals surface area contributed by atoms with Gasteiger partial charge < -0.3 is 4.74 Å². The van der Waals surface area contributed by atoms with Gasteiger partial charge in [0.2, 0.25) is 0 Å². The van der Waals surface area contributed by atoms with Gasteiger partial charge in [0.05, 0.1) is 35.2 Å². The second kappa shape index (κ2) is 7.14. The van der Waals surface area contributed by atoms with Crippen LogP contribution in [0.25, 0.3) is 10.9 Å². The minimum atomic E-state index is -0.186. The molecule has 2 atom stereocenters. The average Bonchev–Trinajstić information content (AvgIpc) is 3.22. The molecule has 0 aliphatic carbocycles. The van der Waals surface area contributed by atoms with Crippen molar-refractivity contribution in [1.82, 2.24) is 20.1 Å². The Balaban J connectivity index is 1.43. The van der Waals surface area contributed by atoms with Crippen molar-refractivity contribution in [3.05, 3.63) is 41.0 Å². The number of nitrogens with one attached hydrogen (secondary N) is 2. The molecule has 1 aromatic carbocycles. The second-order valence-corrected chi connectivity index (χ2v) is 7.55. The van der Waals surface area contributed by atoms with E-state index in [-0.39, 0.29) is 18.1 Å². The molecule has 7 nitrogen and oxygen atoms in total. The van der Waals surface area contributed by atoms with Gasteiger partial charge in [0.25, 0.3) is 5.91 Å². The number of rotatable bonds is 4. The fourth-order valence-corrected chi connectivity index (χ4v) is 4.10. The number of aromatic amines is 1. The number of ether oxygens (including phenoxy) is 1. The molecule has 0 spiro atoms. The summed E-state index contributed by atoms with van der Waals surface area (Å²) < 4.78 is 5.76. The topological polar surface area (TPSA) is 83.1 Å². The van der Waals surface area contributed by atoms with Gasteiger partial charge in [-0.2, -0.15) is 5.10 Å². The van der Waals surface area contributed by atoms with Crippen molar-refractivity contribution in [2.75, 3.05) is 18.4 Å². The molecule has 8 heteroatoms. The number of carbonyl (C=O) groups excluding carboxylic acids is 1. The molecule has 4 rings (SSSR count). The first kappa shape index (κ1) is 17.1.